The number of ketones is 1. The van der Waals surface area contributed by atoms with Crippen molar-refractivity contribution < 1.29 is 19.1 Å². The molecule has 0 spiro atoms. The van der Waals surface area contributed by atoms with Crippen LogP contribution >= 0.6 is 0 Å². The van der Waals surface area contributed by atoms with Crippen molar-refractivity contribution >= 4 is 23.3 Å². The Morgan fingerprint density at radius 3 is 2.39 bits per heavy atom. The van der Waals surface area contributed by atoms with Gasteiger partial charge in [-0.3, -0.25) is 14.4 Å². The van der Waals surface area contributed by atoms with E-state index in [0.717, 1.165) is 44.7 Å². The number of piperazine rings is 1. The number of hydrogen-bond donors (Lipinski definition) is 1. The number of ether oxygens (including phenoxy) is 1. The molecule has 2 amide bonds. The van der Waals surface area contributed by atoms with Gasteiger partial charge in [0.1, 0.15) is 18.7 Å². The number of anilines is 1. The molecule has 1 N–H and O–H groups in total. The van der Waals surface area contributed by atoms with Gasteiger partial charge in [-0.25, -0.2) is 0 Å². The van der Waals surface area contributed by atoms with E-state index in [0.29, 0.717) is 18.5 Å². The molecule has 4 rings (SSSR count). The van der Waals surface area contributed by atoms with Crippen LogP contribution in [0, 0.1) is 11.3 Å². The third kappa shape index (κ3) is 5.30. The topological polar surface area (TPSA) is 82.2 Å². The first-order valence-electron chi connectivity index (χ1n) is 13.5. The second kappa shape index (κ2) is 10.9. The molecule has 0 radical (unpaired) electrons. The van der Waals surface area contributed by atoms with Gasteiger partial charge in [-0.05, 0) is 49.6 Å². The van der Waals surface area contributed by atoms with Crippen molar-refractivity contribution in [3.05, 3.63) is 29.8 Å². The third-order valence-electron chi connectivity index (χ3n) is 8.45. The number of nitrogens with one attached hydrogen (secondary N) is 1. The Morgan fingerprint density at radius 2 is 1.78 bits per heavy atom. The number of amides is 2. The molecular weight excluding hydrogens is 456 g/mol. The zero-order valence-electron chi connectivity index (χ0n) is 22.5. The molecule has 0 aromatic heterocycles. The standard InChI is InChI=1S/C28H42N4O4/c1-6-8-20-17-32(23-22(33)18-36-24(20)23)27(35)25(28(3,4)7-2)29-26(34)19-9-11-21(12-10-19)31-15-13-30(5)14-16-31/h9-12,20,23-25H,6-8,13-18H2,1-5H3,(H,29,34)/t20-,23-,24-,25-/m1/s1. The van der Waals surface area contributed by atoms with Gasteiger partial charge in [0.2, 0.25) is 5.91 Å². The summed E-state index contributed by atoms with van der Waals surface area (Å²) >= 11 is 0. The Kier molecular flexibility index (Phi) is 8.05. The summed E-state index contributed by atoms with van der Waals surface area (Å²) in [4.78, 5) is 46.3. The van der Waals surface area contributed by atoms with E-state index < -0.39 is 17.5 Å². The van der Waals surface area contributed by atoms with Crippen molar-refractivity contribution in [3.8, 4) is 0 Å². The van der Waals surface area contributed by atoms with Gasteiger partial charge in [0.25, 0.3) is 5.91 Å². The fourth-order valence-electron chi connectivity index (χ4n) is 5.67. The minimum absolute atomic E-state index is 0.0363. The van der Waals surface area contributed by atoms with Gasteiger partial charge in [-0.1, -0.05) is 34.1 Å². The summed E-state index contributed by atoms with van der Waals surface area (Å²) in [6, 6.07) is 6.36. The van der Waals surface area contributed by atoms with E-state index in [-0.39, 0.29) is 36.2 Å². The van der Waals surface area contributed by atoms with Crippen LogP contribution in [-0.2, 0) is 14.3 Å². The summed E-state index contributed by atoms with van der Waals surface area (Å²) in [5.74, 6) is -0.337. The van der Waals surface area contributed by atoms with E-state index in [4.69, 9.17) is 4.74 Å². The highest BCUT2D eigenvalue weighted by atomic mass is 16.5. The normalized spacial score (nSPS) is 25.7. The molecule has 3 fully saturated rings. The van der Waals surface area contributed by atoms with Crippen LogP contribution in [0.1, 0.15) is 57.3 Å². The second-order valence-corrected chi connectivity index (χ2v) is 11.3. The molecule has 3 aliphatic rings. The molecule has 8 nitrogen and oxygen atoms in total. The first-order chi connectivity index (χ1) is 17.2. The first-order valence-corrected chi connectivity index (χ1v) is 13.5. The predicted octanol–water partition coefficient (Wildman–Crippen LogP) is 2.57. The van der Waals surface area contributed by atoms with Gasteiger partial charge in [0.15, 0.2) is 5.78 Å². The molecule has 0 aliphatic carbocycles. The highest BCUT2D eigenvalue weighted by Crippen LogP contribution is 2.36. The summed E-state index contributed by atoms with van der Waals surface area (Å²) in [5, 5.41) is 3.04. The van der Waals surface area contributed by atoms with Crippen LogP contribution in [0.5, 0.6) is 0 Å². The molecule has 8 heteroatoms. The van der Waals surface area contributed by atoms with Crippen LogP contribution in [0.4, 0.5) is 5.69 Å². The number of rotatable bonds is 8. The van der Waals surface area contributed by atoms with E-state index >= 15 is 0 Å². The molecule has 36 heavy (non-hydrogen) atoms. The van der Waals surface area contributed by atoms with Crippen LogP contribution < -0.4 is 10.2 Å². The number of carbonyl (C=O) groups is 3. The van der Waals surface area contributed by atoms with Gasteiger partial charge < -0.3 is 24.8 Å². The maximum Gasteiger partial charge on any atom is 0.251 e. The van der Waals surface area contributed by atoms with E-state index in [1.807, 2.05) is 45.0 Å². The van der Waals surface area contributed by atoms with E-state index in [2.05, 4.69) is 29.1 Å². The van der Waals surface area contributed by atoms with E-state index in [1.165, 1.54) is 0 Å². The minimum atomic E-state index is -0.735. The Bertz CT molecular complexity index is 955. The van der Waals surface area contributed by atoms with Crippen LogP contribution in [-0.4, -0.2) is 92.0 Å². The highest BCUT2D eigenvalue weighted by molar-refractivity contribution is 5.99. The summed E-state index contributed by atoms with van der Waals surface area (Å²) in [7, 11) is 2.13. The van der Waals surface area contributed by atoms with Gasteiger partial charge in [-0.2, -0.15) is 0 Å². The molecule has 1 aromatic rings. The first kappa shape index (κ1) is 26.6. The van der Waals surface area contributed by atoms with Crippen molar-refractivity contribution in [2.45, 2.75) is 65.1 Å². The van der Waals surface area contributed by atoms with Gasteiger partial charge >= 0.3 is 0 Å². The lowest BCUT2D eigenvalue weighted by Gasteiger charge is -2.37. The monoisotopic (exact) mass is 498 g/mol. The maximum absolute atomic E-state index is 13.9. The molecule has 3 aliphatic heterocycles. The zero-order valence-corrected chi connectivity index (χ0v) is 22.5. The van der Waals surface area contributed by atoms with Crippen molar-refractivity contribution in [3.63, 3.8) is 0 Å². The Balaban J connectivity index is 1.50. The average Bonchev–Trinajstić information content (AvgIpc) is 3.43. The lowest BCUT2D eigenvalue weighted by molar-refractivity contribution is -0.140. The number of likely N-dealkylation sites (tertiary alicyclic amines) is 1. The molecule has 0 saturated carbocycles. The molecular formula is C28H42N4O4. The van der Waals surface area contributed by atoms with Gasteiger partial charge in [-0.15, -0.1) is 0 Å². The highest BCUT2D eigenvalue weighted by Gasteiger charge is 2.53. The lowest BCUT2D eigenvalue weighted by Crippen LogP contribution is -2.57. The number of hydrogen-bond acceptors (Lipinski definition) is 6. The summed E-state index contributed by atoms with van der Waals surface area (Å²) in [5.41, 5.74) is 1.15. The second-order valence-electron chi connectivity index (χ2n) is 11.3. The molecule has 4 atom stereocenters. The predicted molar refractivity (Wildman–Crippen MR) is 140 cm³/mol. The number of Topliss-reactive ketones (excluding diaryl/α,β-unsaturated/α-hetero) is 1. The van der Waals surface area contributed by atoms with Gasteiger partial charge in [0, 0.05) is 49.9 Å². The molecule has 0 unspecified atom stereocenters. The minimum Gasteiger partial charge on any atom is -0.369 e. The molecule has 1 aromatic carbocycles. The molecule has 198 valence electrons. The lowest BCUT2D eigenvalue weighted by atomic mass is 9.80. The van der Waals surface area contributed by atoms with Crippen molar-refractivity contribution in [2.75, 3.05) is 51.3 Å². The zero-order chi connectivity index (χ0) is 26.0. The number of carbonyl (C=O) groups excluding carboxylic acids is 3. The summed E-state index contributed by atoms with van der Waals surface area (Å²) < 4.78 is 5.81. The van der Waals surface area contributed by atoms with E-state index in [9.17, 15) is 14.4 Å². The molecule has 3 heterocycles. The smallest absolute Gasteiger partial charge is 0.251 e. The van der Waals surface area contributed by atoms with Crippen LogP contribution in [0.3, 0.4) is 0 Å². The van der Waals surface area contributed by atoms with Gasteiger partial charge in [0.05, 0.1) is 6.10 Å². The summed E-state index contributed by atoms with van der Waals surface area (Å²) in [6.45, 7) is 12.6. The largest absolute Gasteiger partial charge is 0.369 e. The fourth-order valence-corrected chi connectivity index (χ4v) is 5.67. The molecule has 0 bridgehead atoms. The Hall–Kier alpha value is -2.45. The number of nitrogens with zero attached hydrogens (tertiary/aromatic N) is 3. The van der Waals surface area contributed by atoms with Crippen LogP contribution in [0.25, 0.3) is 0 Å². The quantitative estimate of drug-likeness (QED) is 0.593. The van der Waals surface area contributed by atoms with Crippen molar-refractivity contribution in [1.82, 2.24) is 15.1 Å². The summed E-state index contributed by atoms with van der Waals surface area (Å²) in [6.07, 6.45) is 2.35. The fraction of sp³-hybridized carbons (Fsp3) is 0.679. The molecule has 3 saturated heterocycles. The van der Waals surface area contributed by atoms with Crippen molar-refractivity contribution in [1.29, 1.82) is 0 Å². The number of fused-ring (bicyclic) bond motifs is 1. The third-order valence-corrected chi connectivity index (χ3v) is 8.45. The number of likely N-dealkylation sites (N-methyl/N-ethyl adjacent to an activating group) is 1. The van der Waals surface area contributed by atoms with Crippen LogP contribution in [0.15, 0.2) is 24.3 Å². The SMILES string of the molecule is CCC[C@@H]1CN(C(=O)[C@@H](NC(=O)c2ccc(N3CCN(C)CC3)cc2)C(C)(C)CC)[C@@H]2C(=O)CO[C@H]12. The Labute approximate surface area is 215 Å². The van der Waals surface area contributed by atoms with Crippen LogP contribution in [0.2, 0.25) is 0 Å². The average molecular weight is 499 g/mol. The maximum atomic E-state index is 13.9. The van der Waals surface area contributed by atoms with Crippen molar-refractivity contribution in [2.24, 2.45) is 11.3 Å². The van der Waals surface area contributed by atoms with E-state index in [1.54, 1.807) is 4.90 Å². The number of benzene rings is 1. The Morgan fingerprint density at radius 1 is 1.11 bits per heavy atom.